The van der Waals surface area contributed by atoms with E-state index in [1.807, 2.05) is 30.3 Å². The van der Waals surface area contributed by atoms with E-state index in [1.54, 1.807) is 36.1 Å². The van der Waals surface area contributed by atoms with Crippen LogP contribution >= 0.6 is 0 Å². The molecule has 37 heavy (non-hydrogen) atoms. The van der Waals surface area contributed by atoms with Crippen LogP contribution in [0.5, 0.6) is 5.75 Å². The van der Waals surface area contributed by atoms with Crippen LogP contribution in [0, 0.1) is 0 Å². The molecular weight excluding hydrogens is 490 g/mol. The summed E-state index contributed by atoms with van der Waals surface area (Å²) in [6.07, 6.45) is 6.37. The van der Waals surface area contributed by atoms with Gasteiger partial charge < -0.3 is 15.0 Å². The van der Waals surface area contributed by atoms with Crippen LogP contribution in [0.4, 0.5) is 5.69 Å². The van der Waals surface area contributed by atoms with E-state index in [0.717, 1.165) is 37.5 Å². The lowest BCUT2D eigenvalue weighted by Crippen LogP contribution is -2.50. The molecule has 202 valence electrons. The zero-order valence-corrected chi connectivity index (χ0v) is 22.9. The van der Waals surface area contributed by atoms with Crippen molar-refractivity contribution in [2.24, 2.45) is 0 Å². The molecule has 0 unspecified atom stereocenters. The second-order valence-corrected chi connectivity index (χ2v) is 11.5. The number of para-hydroxylation sites is 2. The quantitative estimate of drug-likeness (QED) is 0.426. The molecule has 1 aliphatic rings. The van der Waals surface area contributed by atoms with Gasteiger partial charge in [0, 0.05) is 25.6 Å². The van der Waals surface area contributed by atoms with E-state index in [2.05, 4.69) is 5.32 Å². The lowest BCUT2D eigenvalue weighted by atomic mass is 10.1. The Morgan fingerprint density at radius 3 is 2.32 bits per heavy atom. The van der Waals surface area contributed by atoms with Gasteiger partial charge in [-0.15, -0.1) is 0 Å². The molecule has 1 N–H and O–H groups in total. The molecule has 0 radical (unpaired) electrons. The van der Waals surface area contributed by atoms with Gasteiger partial charge in [-0.25, -0.2) is 8.42 Å². The molecular formula is C28H39N3O5S. The summed E-state index contributed by atoms with van der Waals surface area (Å²) in [6, 6.07) is 16.3. The van der Waals surface area contributed by atoms with Crippen molar-refractivity contribution in [2.45, 2.75) is 64.0 Å². The minimum atomic E-state index is -3.59. The van der Waals surface area contributed by atoms with Gasteiger partial charge in [0.1, 0.15) is 11.8 Å². The van der Waals surface area contributed by atoms with Gasteiger partial charge in [-0.05, 0) is 50.3 Å². The van der Waals surface area contributed by atoms with Crippen LogP contribution < -0.4 is 14.4 Å². The number of hydrogen-bond donors (Lipinski definition) is 1. The second-order valence-electron chi connectivity index (χ2n) is 9.60. The Balaban J connectivity index is 1.69. The van der Waals surface area contributed by atoms with Crippen LogP contribution in [0.3, 0.4) is 0 Å². The third-order valence-corrected chi connectivity index (χ3v) is 8.04. The smallest absolute Gasteiger partial charge is 0.242 e. The maximum atomic E-state index is 13.4. The third-order valence-electron chi connectivity index (χ3n) is 6.86. The van der Waals surface area contributed by atoms with E-state index in [9.17, 15) is 18.0 Å². The minimum Gasteiger partial charge on any atom is -0.495 e. The lowest BCUT2D eigenvalue weighted by molar-refractivity contribution is -0.140. The van der Waals surface area contributed by atoms with E-state index >= 15 is 0 Å². The average Bonchev–Trinajstić information content (AvgIpc) is 3.39. The number of methoxy groups -OCH3 is 1. The van der Waals surface area contributed by atoms with Crippen LogP contribution in [-0.2, 0) is 26.0 Å². The summed E-state index contributed by atoms with van der Waals surface area (Å²) in [6.45, 7) is 2.30. The molecule has 3 rings (SSSR count). The molecule has 2 aromatic rings. The molecule has 2 amide bonds. The van der Waals surface area contributed by atoms with Gasteiger partial charge in [0.15, 0.2) is 0 Å². The van der Waals surface area contributed by atoms with Crippen molar-refractivity contribution in [1.29, 1.82) is 0 Å². The van der Waals surface area contributed by atoms with Crippen molar-refractivity contribution < 1.29 is 22.7 Å². The summed E-state index contributed by atoms with van der Waals surface area (Å²) in [4.78, 5) is 28.0. The fourth-order valence-electron chi connectivity index (χ4n) is 4.78. The average molecular weight is 530 g/mol. The number of carbonyl (C=O) groups excluding carboxylic acids is 2. The monoisotopic (exact) mass is 529 g/mol. The number of sulfonamides is 1. The maximum absolute atomic E-state index is 13.4. The number of carbonyl (C=O) groups is 2. The molecule has 9 heteroatoms. The van der Waals surface area contributed by atoms with Crippen molar-refractivity contribution in [2.75, 3.05) is 30.8 Å². The van der Waals surface area contributed by atoms with Crippen LogP contribution in [0.1, 0.15) is 51.0 Å². The van der Waals surface area contributed by atoms with Crippen LogP contribution in [0.2, 0.25) is 0 Å². The second kappa shape index (κ2) is 13.5. The molecule has 8 nitrogen and oxygen atoms in total. The summed E-state index contributed by atoms with van der Waals surface area (Å²) < 4.78 is 31.7. The van der Waals surface area contributed by atoms with E-state index in [1.165, 1.54) is 11.4 Å². The number of nitrogens with one attached hydrogen (secondary N) is 1. The first-order chi connectivity index (χ1) is 17.7. The van der Waals surface area contributed by atoms with E-state index in [0.29, 0.717) is 30.8 Å². The van der Waals surface area contributed by atoms with E-state index in [-0.39, 0.29) is 30.8 Å². The number of anilines is 1. The number of hydrogen-bond acceptors (Lipinski definition) is 5. The lowest BCUT2D eigenvalue weighted by Gasteiger charge is -2.30. The first-order valence-electron chi connectivity index (χ1n) is 12.9. The van der Waals surface area contributed by atoms with Gasteiger partial charge in [-0.1, -0.05) is 55.3 Å². The summed E-state index contributed by atoms with van der Waals surface area (Å²) >= 11 is 0. The van der Waals surface area contributed by atoms with Crippen LogP contribution in [-0.4, -0.2) is 63.7 Å². The molecule has 1 saturated carbocycles. The third kappa shape index (κ3) is 8.21. The maximum Gasteiger partial charge on any atom is 0.242 e. The van der Waals surface area contributed by atoms with Crippen molar-refractivity contribution >= 4 is 27.5 Å². The molecule has 1 fully saturated rings. The Hall–Kier alpha value is -3.07. The predicted octanol–water partition coefficient (Wildman–Crippen LogP) is 3.76. The van der Waals surface area contributed by atoms with Crippen LogP contribution in [0.25, 0.3) is 0 Å². The van der Waals surface area contributed by atoms with E-state index in [4.69, 9.17) is 4.74 Å². The highest BCUT2D eigenvalue weighted by Gasteiger charge is 2.28. The summed E-state index contributed by atoms with van der Waals surface area (Å²) in [5, 5.41) is 3.11. The number of amides is 2. The topological polar surface area (TPSA) is 96.0 Å². The Morgan fingerprint density at radius 2 is 1.68 bits per heavy atom. The molecule has 1 aliphatic carbocycles. The van der Waals surface area contributed by atoms with Gasteiger partial charge >= 0.3 is 0 Å². The molecule has 1 atom stereocenters. The molecule has 0 saturated heterocycles. The van der Waals surface area contributed by atoms with Crippen molar-refractivity contribution in [1.82, 2.24) is 10.2 Å². The van der Waals surface area contributed by atoms with Gasteiger partial charge in [0.25, 0.3) is 0 Å². The molecule has 0 bridgehead atoms. The van der Waals surface area contributed by atoms with E-state index < -0.39 is 16.1 Å². The van der Waals surface area contributed by atoms with Gasteiger partial charge in [0.05, 0.1) is 19.1 Å². The number of rotatable bonds is 13. The van der Waals surface area contributed by atoms with Gasteiger partial charge in [-0.3, -0.25) is 13.9 Å². The zero-order valence-electron chi connectivity index (χ0n) is 22.1. The largest absolute Gasteiger partial charge is 0.495 e. The zero-order chi connectivity index (χ0) is 26.8. The molecule has 0 aliphatic heterocycles. The van der Waals surface area contributed by atoms with Crippen molar-refractivity contribution in [3.63, 3.8) is 0 Å². The Bertz CT molecular complexity index is 1130. The SMILES string of the molecule is COc1ccccc1N(CCCC(=O)N(CCc1ccccc1)[C@H](C)C(=O)NC1CCCC1)S(C)(=O)=O. The Morgan fingerprint density at radius 1 is 1.03 bits per heavy atom. The van der Waals surface area contributed by atoms with Gasteiger partial charge in [0.2, 0.25) is 21.8 Å². The normalized spacial score (nSPS) is 14.7. The number of benzene rings is 2. The Labute approximate surface area is 221 Å². The highest BCUT2D eigenvalue weighted by atomic mass is 32.2. The summed E-state index contributed by atoms with van der Waals surface area (Å²) in [5.41, 5.74) is 1.52. The number of nitrogens with zero attached hydrogens (tertiary/aromatic N) is 2. The minimum absolute atomic E-state index is 0.122. The summed E-state index contributed by atoms with van der Waals surface area (Å²) in [7, 11) is -2.10. The first-order valence-corrected chi connectivity index (χ1v) is 14.8. The number of ether oxygens (including phenoxy) is 1. The fraction of sp³-hybridized carbons (Fsp3) is 0.500. The standard InChI is InChI=1S/C28H39N3O5S/c1-22(28(33)29-24-14-7-8-15-24)30(21-19-23-12-5-4-6-13-23)27(32)18-11-20-31(37(3,34)35)25-16-9-10-17-26(25)36-2/h4-6,9-10,12-13,16-17,22,24H,7-8,11,14-15,18-21H2,1-3H3,(H,29,33)/t22-/m1/s1. The van der Waals surface area contributed by atoms with Crippen molar-refractivity contribution in [3.05, 3.63) is 60.2 Å². The predicted molar refractivity (Wildman–Crippen MR) is 146 cm³/mol. The first kappa shape index (κ1) is 28.5. The molecule has 2 aromatic carbocycles. The highest BCUT2D eigenvalue weighted by molar-refractivity contribution is 7.92. The van der Waals surface area contributed by atoms with Crippen molar-refractivity contribution in [3.8, 4) is 5.75 Å². The molecule has 0 heterocycles. The fourth-order valence-corrected chi connectivity index (χ4v) is 5.75. The molecule has 0 spiro atoms. The van der Waals surface area contributed by atoms with Crippen LogP contribution in [0.15, 0.2) is 54.6 Å². The Kier molecular flexibility index (Phi) is 10.4. The van der Waals surface area contributed by atoms with Gasteiger partial charge in [-0.2, -0.15) is 0 Å². The molecule has 0 aromatic heterocycles. The summed E-state index contributed by atoms with van der Waals surface area (Å²) in [5.74, 6) is 0.138. The highest BCUT2D eigenvalue weighted by Crippen LogP contribution is 2.29.